The fourth-order valence-electron chi connectivity index (χ4n) is 2.00. The van der Waals surface area contributed by atoms with E-state index in [4.69, 9.17) is 0 Å². The van der Waals surface area contributed by atoms with Gasteiger partial charge < -0.3 is 0 Å². The highest BCUT2D eigenvalue weighted by Crippen LogP contribution is 2.21. The Labute approximate surface area is 148 Å². The molecule has 0 fully saturated rings. The van der Waals surface area contributed by atoms with Gasteiger partial charge in [-0.1, -0.05) is 12.1 Å². The molecule has 0 aliphatic rings. The lowest BCUT2D eigenvalue weighted by molar-refractivity contribution is 0.0356. The number of nitrogens with zero attached hydrogens (tertiary/aromatic N) is 2. The van der Waals surface area contributed by atoms with Crippen molar-refractivity contribution in [2.45, 2.75) is 26.3 Å². The highest BCUT2D eigenvalue weighted by molar-refractivity contribution is 9.10. The molecule has 2 amide bonds. The molecule has 126 valence electrons. The van der Waals surface area contributed by atoms with Gasteiger partial charge in [-0.05, 0) is 54.9 Å². The molecule has 0 unspecified atom stereocenters. The predicted octanol–water partition coefficient (Wildman–Crippen LogP) is 3.57. The van der Waals surface area contributed by atoms with Gasteiger partial charge in [-0.2, -0.15) is 0 Å². The fourth-order valence-corrected chi connectivity index (χ4v) is 2.42. The van der Waals surface area contributed by atoms with Gasteiger partial charge in [-0.25, -0.2) is 9.40 Å². The van der Waals surface area contributed by atoms with Crippen LogP contribution in [0.2, 0.25) is 0 Å². The van der Waals surface area contributed by atoms with Crippen LogP contribution in [0.1, 0.15) is 41.5 Å². The molecule has 0 saturated carbocycles. The number of halogens is 2. The summed E-state index contributed by atoms with van der Waals surface area (Å²) in [4.78, 5) is 29.1. The number of amides is 2. The second-order valence-corrected chi connectivity index (χ2v) is 6.94. The van der Waals surface area contributed by atoms with E-state index in [1.807, 2.05) is 0 Å². The van der Waals surface area contributed by atoms with Crippen LogP contribution in [0, 0.1) is 5.82 Å². The number of carbonyl (C=O) groups excluding carboxylic acids is 2. The normalized spacial score (nSPS) is 11.0. The Morgan fingerprint density at radius 2 is 1.83 bits per heavy atom. The third-order valence-electron chi connectivity index (χ3n) is 3.21. The fraction of sp³-hybridized carbons (Fsp3) is 0.235. The van der Waals surface area contributed by atoms with Crippen LogP contribution in [0.15, 0.2) is 47.2 Å². The Kier molecular flexibility index (Phi) is 5.33. The first-order valence-corrected chi connectivity index (χ1v) is 8.00. The van der Waals surface area contributed by atoms with Gasteiger partial charge in [0.05, 0.1) is 16.7 Å². The van der Waals surface area contributed by atoms with Gasteiger partial charge in [0.25, 0.3) is 11.8 Å². The maximum atomic E-state index is 13.8. The summed E-state index contributed by atoms with van der Waals surface area (Å²) in [7, 11) is 0. The van der Waals surface area contributed by atoms with E-state index in [0.717, 1.165) is 0 Å². The molecule has 7 heteroatoms. The number of rotatable bonds is 2. The summed E-state index contributed by atoms with van der Waals surface area (Å²) in [6.07, 6.45) is 2.98. The molecule has 2 rings (SSSR count). The molecule has 0 aliphatic heterocycles. The van der Waals surface area contributed by atoms with E-state index in [9.17, 15) is 14.0 Å². The van der Waals surface area contributed by atoms with Crippen LogP contribution in [0.3, 0.4) is 0 Å². The SMILES string of the molecule is CC(C)(C)N(NC(=O)c1ccccc1F)C(=O)c1ccncc1Br. The molecule has 5 nitrogen and oxygen atoms in total. The van der Waals surface area contributed by atoms with Crippen molar-refractivity contribution < 1.29 is 14.0 Å². The van der Waals surface area contributed by atoms with Crippen molar-refractivity contribution in [1.29, 1.82) is 0 Å². The first kappa shape index (κ1) is 18.1. The number of nitrogens with one attached hydrogen (secondary N) is 1. The van der Waals surface area contributed by atoms with Crippen molar-refractivity contribution >= 4 is 27.7 Å². The summed E-state index contributed by atoms with van der Waals surface area (Å²) in [6.45, 7) is 5.30. The van der Waals surface area contributed by atoms with E-state index in [2.05, 4.69) is 26.3 Å². The maximum Gasteiger partial charge on any atom is 0.274 e. The Morgan fingerprint density at radius 3 is 2.42 bits per heavy atom. The summed E-state index contributed by atoms with van der Waals surface area (Å²) >= 11 is 3.27. The largest absolute Gasteiger partial charge is 0.274 e. The van der Waals surface area contributed by atoms with Gasteiger partial charge in [0.15, 0.2) is 0 Å². The van der Waals surface area contributed by atoms with Gasteiger partial charge >= 0.3 is 0 Å². The van der Waals surface area contributed by atoms with Crippen LogP contribution in [0.25, 0.3) is 0 Å². The van der Waals surface area contributed by atoms with E-state index >= 15 is 0 Å². The van der Waals surface area contributed by atoms with E-state index in [-0.39, 0.29) is 5.56 Å². The average Bonchev–Trinajstić information content (AvgIpc) is 2.51. The summed E-state index contributed by atoms with van der Waals surface area (Å²) in [5.74, 6) is -1.77. The van der Waals surface area contributed by atoms with Crippen molar-refractivity contribution in [3.8, 4) is 0 Å². The minimum Gasteiger partial charge on any atom is -0.267 e. The van der Waals surface area contributed by atoms with E-state index in [1.165, 1.54) is 35.6 Å². The lowest BCUT2D eigenvalue weighted by Gasteiger charge is -2.35. The molecular weight excluding hydrogens is 377 g/mol. The van der Waals surface area contributed by atoms with Crippen molar-refractivity contribution in [3.63, 3.8) is 0 Å². The average molecular weight is 394 g/mol. The Balaban J connectivity index is 2.34. The van der Waals surface area contributed by atoms with Gasteiger partial charge in [0.1, 0.15) is 5.82 Å². The summed E-state index contributed by atoms with van der Waals surface area (Å²) in [5.41, 5.74) is 1.99. The summed E-state index contributed by atoms with van der Waals surface area (Å²) < 4.78 is 14.3. The Morgan fingerprint density at radius 1 is 1.17 bits per heavy atom. The van der Waals surface area contributed by atoms with Crippen molar-refractivity contribution in [2.75, 3.05) is 0 Å². The molecule has 1 N–H and O–H groups in total. The molecule has 0 aliphatic carbocycles. The lowest BCUT2D eigenvalue weighted by atomic mass is 10.1. The van der Waals surface area contributed by atoms with Gasteiger partial charge in [-0.3, -0.25) is 20.0 Å². The van der Waals surface area contributed by atoms with Crippen molar-refractivity contribution in [1.82, 2.24) is 15.4 Å². The highest BCUT2D eigenvalue weighted by Gasteiger charge is 2.31. The molecule has 1 aromatic carbocycles. The van der Waals surface area contributed by atoms with Crippen LogP contribution in [0.5, 0.6) is 0 Å². The highest BCUT2D eigenvalue weighted by atomic mass is 79.9. The second-order valence-electron chi connectivity index (χ2n) is 6.09. The van der Waals surface area contributed by atoms with Gasteiger partial charge in [0.2, 0.25) is 0 Å². The molecule has 0 radical (unpaired) electrons. The number of benzene rings is 1. The first-order chi connectivity index (χ1) is 11.2. The number of hydrogen-bond acceptors (Lipinski definition) is 3. The Bertz CT molecular complexity index is 774. The zero-order valence-corrected chi connectivity index (χ0v) is 15.1. The summed E-state index contributed by atoms with van der Waals surface area (Å²) in [6, 6.07) is 7.14. The standard InChI is InChI=1S/C17H17BrFN3O2/c1-17(2,3)22(16(24)11-8-9-20-10-13(11)18)21-15(23)12-6-4-5-7-14(12)19/h4-10H,1-3H3,(H,21,23). The molecular formula is C17H17BrFN3O2. The van der Waals surface area contributed by atoms with Gasteiger partial charge in [0, 0.05) is 16.9 Å². The van der Waals surface area contributed by atoms with Crippen LogP contribution < -0.4 is 5.43 Å². The topological polar surface area (TPSA) is 62.3 Å². The molecule has 2 aromatic rings. The third-order valence-corrected chi connectivity index (χ3v) is 3.84. The van der Waals surface area contributed by atoms with Crippen LogP contribution in [-0.2, 0) is 0 Å². The number of hydrazine groups is 1. The van der Waals surface area contributed by atoms with Crippen LogP contribution in [-0.4, -0.2) is 27.3 Å². The number of pyridine rings is 1. The van der Waals surface area contributed by atoms with Crippen molar-refractivity contribution in [2.24, 2.45) is 0 Å². The molecule has 0 saturated heterocycles. The quantitative estimate of drug-likeness (QED) is 0.793. The zero-order valence-electron chi connectivity index (χ0n) is 13.5. The molecule has 1 heterocycles. The number of carbonyl (C=O) groups is 2. The molecule has 1 aromatic heterocycles. The minimum atomic E-state index is -0.722. The predicted molar refractivity (Wildman–Crippen MR) is 91.7 cm³/mol. The van der Waals surface area contributed by atoms with E-state index < -0.39 is 23.2 Å². The molecule has 0 spiro atoms. The first-order valence-electron chi connectivity index (χ1n) is 7.21. The van der Waals surface area contributed by atoms with Crippen LogP contribution in [0.4, 0.5) is 4.39 Å². The van der Waals surface area contributed by atoms with Crippen LogP contribution >= 0.6 is 15.9 Å². The number of aromatic nitrogens is 1. The third kappa shape index (κ3) is 3.97. The molecule has 0 atom stereocenters. The van der Waals surface area contributed by atoms with Gasteiger partial charge in [-0.15, -0.1) is 0 Å². The Hall–Kier alpha value is -2.28. The zero-order chi connectivity index (χ0) is 17.9. The van der Waals surface area contributed by atoms with Crippen molar-refractivity contribution in [3.05, 3.63) is 64.1 Å². The lowest BCUT2D eigenvalue weighted by Crippen LogP contribution is -2.56. The monoisotopic (exact) mass is 393 g/mol. The molecule has 24 heavy (non-hydrogen) atoms. The van der Waals surface area contributed by atoms with E-state index in [1.54, 1.807) is 32.9 Å². The van der Waals surface area contributed by atoms with E-state index in [0.29, 0.717) is 10.0 Å². The number of hydrogen-bond donors (Lipinski definition) is 1. The second kappa shape index (κ2) is 7.09. The molecule has 0 bridgehead atoms. The summed E-state index contributed by atoms with van der Waals surface area (Å²) in [5, 5.41) is 1.18. The maximum absolute atomic E-state index is 13.8. The minimum absolute atomic E-state index is 0.131. The smallest absolute Gasteiger partial charge is 0.267 e.